The minimum absolute atomic E-state index is 0.142. The molecule has 0 amide bonds. The van der Waals surface area contributed by atoms with Crippen LogP contribution >= 0.6 is 0 Å². The summed E-state index contributed by atoms with van der Waals surface area (Å²) in [6.45, 7) is 10.1. The molecule has 5 atom stereocenters. The molecule has 3 heteroatoms. The van der Waals surface area contributed by atoms with Crippen LogP contribution in [0.25, 0.3) is 0 Å². The quantitative estimate of drug-likeness (QED) is 0.725. The molecule has 1 fully saturated rings. The summed E-state index contributed by atoms with van der Waals surface area (Å²) in [4.78, 5) is 0. The van der Waals surface area contributed by atoms with Crippen LogP contribution in [-0.4, -0.2) is 36.1 Å². The van der Waals surface area contributed by atoms with E-state index in [-0.39, 0.29) is 24.2 Å². The summed E-state index contributed by atoms with van der Waals surface area (Å²) >= 11 is 0. The van der Waals surface area contributed by atoms with Gasteiger partial charge >= 0.3 is 0 Å². The number of ether oxygens (including phenoxy) is 2. The molecular formula is C12H22O3. The summed E-state index contributed by atoms with van der Waals surface area (Å²) in [6, 6.07) is 0. The lowest BCUT2D eigenvalue weighted by Crippen LogP contribution is -2.53. The Kier molecular flexibility index (Phi) is 4.77. The zero-order chi connectivity index (χ0) is 11.4. The van der Waals surface area contributed by atoms with Gasteiger partial charge in [0.1, 0.15) is 6.10 Å². The van der Waals surface area contributed by atoms with Gasteiger partial charge in [-0.3, -0.25) is 0 Å². The van der Waals surface area contributed by atoms with Crippen molar-refractivity contribution in [1.29, 1.82) is 0 Å². The predicted octanol–water partition coefficient (Wildman–Crippen LogP) is 1.75. The second kappa shape index (κ2) is 5.64. The SMILES string of the molecule is C=CCO[C@@H]1C(O)[C@H](C)OC(CC)[C@H]1C. The first kappa shape index (κ1) is 12.7. The molecule has 0 radical (unpaired) electrons. The standard InChI is InChI=1S/C12H22O3/c1-5-7-14-12-8(3)10(6-2)15-9(4)11(12)13/h5,8-13H,1,6-7H2,2-4H3/t8-,9+,10?,11?,12+/m1/s1. The van der Waals surface area contributed by atoms with Crippen molar-refractivity contribution in [2.75, 3.05) is 6.61 Å². The summed E-state index contributed by atoms with van der Waals surface area (Å²) in [7, 11) is 0. The minimum atomic E-state index is -0.539. The molecule has 1 rings (SSSR count). The molecule has 0 saturated carbocycles. The highest BCUT2D eigenvalue weighted by Gasteiger charge is 2.40. The summed E-state index contributed by atoms with van der Waals surface area (Å²) in [5.74, 6) is 0.223. The Morgan fingerprint density at radius 3 is 2.67 bits per heavy atom. The molecule has 0 aromatic rings. The number of rotatable bonds is 4. The average Bonchev–Trinajstić information content (AvgIpc) is 2.23. The van der Waals surface area contributed by atoms with Gasteiger partial charge in [0.15, 0.2) is 0 Å². The topological polar surface area (TPSA) is 38.7 Å². The fraction of sp³-hybridized carbons (Fsp3) is 0.833. The Balaban J connectivity index is 2.65. The maximum atomic E-state index is 9.96. The van der Waals surface area contributed by atoms with Crippen LogP contribution in [0.5, 0.6) is 0 Å². The van der Waals surface area contributed by atoms with Crippen molar-refractivity contribution in [3.8, 4) is 0 Å². The van der Waals surface area contributed by atoms with Crippen LogP contribution in [0.2, 0.25) is 0 Å². The first-order valence-corrected chi connectivity index (χ1v) is 5.67. The summed E-state index contributed by atoms with van der Waals surface area (Å²) in [5, 5.41) is 9.96. The molecule has 0 bridgehead atoms. The lowest BCUT2D eigenvalue weighted by Gasteiger charge is -2.42. The Labute approximate surface area is 92.1 Å². The van der Waals surface area contributed by atoms with Gasteiger partial charge in [-0.05, 0) is 13.3 Å². The number of hydrogen-bond acceptors (Lipinski definition) is 3. The van der Waals surface area contributed by atoms with E-state index in [0.717, 1.165) is 6.42 Å². The van der Waals surface area contributed by atoms with E-state index >= 15 is 0 Å². The van der Waals surface area contributed by atoms with Crippen molar-refractivity contribution in [2.45, 2.75) is 51.6 Å². The van der Waals surface area contributed by atoms with Gasteiger partial charge in [0.2, 0.25) is 0 Å². The monoisotopic (exact) mass is 214 g/mol. The molecule has 0 aliphatic carbocycles. The molecule has 0 spiro atoms. The summed E-state index contributed by atoms with van der Waals surface area (Å²) < 4.78 is 11.3. The molecule has 1 aliphatic rings. The van der Waals surface area contributed by atoms with Crippen LogP contribution < -0.4 is 0 Å². The van der Waals surface area contributed by atoms with Gasteiger partial charge in [0, 0.05) is 5.92 Å². The number of aliphatic hydroxyl groups is 1. The second-order valence-corrected chi connectivity index (χ2v) is 4.22. The molecule has 1 saturated heterocycles. The van der Waals surface area contributed by atoms with Crippen LogP contribution in [0.1, 0.15) is 27.2 Å². The molecule has 1 heterocycles. The smallest absolute Gasteiger partial charge is 0.106 e. The van der Waals surface area contributed by atoms with E-state index in [1.165, 1.54) is 0 Å². The van der Waals surface area contributed by atoms with Crippen LogP contribution in [0, 0.1) is 5.92 Å². The molecule has 88 valence electrons. The molecule has 1 aliphatic heterocycles. The number of aliphatic hydroxyl groups excluding tert-OH is 1. The lowest BCUT2D eigenvalue weighted by molar-refractivity contribution is -0.202. The van der Waals surface area contributed by atoms with Gasteiger partial charge in [-0.25, -0.2) is 0 Å². The van der Waals surface area contributed by atoms with Crippen molar-refractivity contribution in [3.63, 3.8) is 0 Å². The zero-order valence-electron chi connectivity index (χ0n) is 9.85. The van der Waals surface area contributed by atoms with E-state index < -0.39 is 6.10 Å². The van der Waals surface area contributed by atoms with Gasteiger partial charge in [-0.2, -0.15) is 0 Å². The Hall–Kier alpha value is -0.380. The van der Waals surface area contributed by atoms with Crippen molar-refractivity contribution in [1.82, 2.24) is 0 Å². The third kappa shape index (κ3) is 2.80. The molecule has 1 N–H and O–H groups in total. The summed E-state index contributed by atoms with van der Waals surface area (Å²) in [6.07, 6.45) is 2.01. The van der Waals surface area contributed by atoms with E-state index in [1.54, 1.807) is 6.08 Å². The van der Waals surface area contributed by atoms with Gasteiger partial charge in [0.05, 0.1) is 24.9 Å². The molecular weight excluding hydrogens is 192 g/mol. The molecule has 15 heavy (non-hydrogen) atoms. The highest BCUT2D eigenvalue weighted by atomic mass is 16.5. The zero-order valence-corrected chi connectivity index (χ0v) is 9.85. The van der Waals surface area contributed by atoms with Gasteiger partial charge in [-0.15, -0.1) is 6.58 Å². The summed E-state index contributed by atoms with van der Waals surface area (Å²) in [5.41, 5.74) is 0. The van der Waals surface area contributed by atoms with E-state index in [2.05, 4.69) is 20.4 Å². The fourth-order valence-electron chi connectivity index (χ4n) is 2.17. The Bertz CT molecular complexity index is 205. The maximum absolute atomic E-state index is 9.96. The van der Waals surface area contributed by atoms with Crippen molar-refractivity contribution in [3.05, 3.63) is 12.7 Å². The van der Waals surface area contributed by atoms with E-state index in [9.17, 15) is 5.11 Å². The van der Waals surface area contributed by atoms with Crippen LogP contribution in [-0.2, 0) is 9.47 Å². The van der Waals surface area contributed by atoms with Crippen molar-refractivity contribution >= 4 is 0 Å². The van der Waals surface area contributed by atoms with Crippen LogP contribution in [0.15, 0.2) is 12.7 Å². The van der Waals surface area contributed by atoms with E-state index in [1.807, 2.05) is 6.92 Å². The predicted molar refractivity (Wildman–Crippen MR) is 59.7 cm³/mol. The molecule has 2 unspecified atom stereocenters. The van der Waals surface area contributed by atoms with Gasteiger partial charge in [-0.1, -0.05) is 19.9 Å². The second-order valence-electron chi connectivity index (χ2n) is 4.22. The highest BCUT2D eigenvalue weighted by Crippen LogP contribution is 2.29. The van der Waals surface area contributed by atoms with E-state index in [0.29, 0.717) is 6.61 Å². The third-order valence-corrected chi connectivity index (χ3v) is 3.12. The Morgan fingerprint density at radius 2 is 2.13 bits per heavy atom. The van der Waals surface area contributed by atoms with Gasteiger partial charge < -0.3 is 14.6 Å². The molecule has 3 nitrogen and oxygen atoms in total. The van der Waals surface area contributed by atoms with Crippen LogP contribution in [0.3, 0.4) is 0 Å². The van der Waals surface area contributed by atoms with E-state index in [4.69, 9.17) is 9.47 Å². The third-order valence-electron chi connectivity index (χ3n) is 3.12. The largest absolute Gasteiger partial charge is 0.388 e. The fourth-order valence-corrected chi connectivity index (χ4v) is 2.17. The maximum Gasteiger partial charge on any atom is 0.106 e. The normalized spacial score (nSPS) is 41.5. The lowest BCUT2D eigenvalue weighted by atomic mass is 9.87. The molecule has 0 aromatic heterocycles. The Morgan fingerprint density at radius 1 is 1.47 bits per heavy atom. The van der Waals surface area contributed by atoms with Crippen molar-refractivity contribution in [2.24, 2.45) is 5.92 Å². The number of hydrogen-bond donors (Lipinski definition) is 1. The highest BCUT2D eigenvalue weighted by molar-refractivity contribution is 4.89. The first-order chi connectivity index (χ1) is 7.11. The average molecular weight is 214 g/mol. The van der Waals surface area contributed by atoms with Gasteiger partial charge in [0.25, 0.3) is 0 Å². The van der Waals surface area contributed by atoms with Crippen molar-refractivity contribution < 1.29 is 14.6 Å². The van der Waals surface area contributed by atoms with Crippen LogP contribution in [0.4, 0.5) is 0 Å². The minimum Gasteiger partial charge on any atom is -0.388 e. The molecule has 0 aromatic carbocycles. The first-order valence-electron chi connectivity index (χ1n) is 5.67.